The largest absolute Gasteiger partial charge is 0.340 e. The molecule has 4 heteroatoms. The second kappa shape index (κ2) is 4.09. The molecule has 1 aliphatic carbocycles. The molecule has 1 aromatic rings. The molecule has 1 atom stereocenters. The monoisotopic (exact) mass is 195 g/mol. The van der Waals surface area contributed by atoms with Gasteiger partial charge in [0.2, 0.25) is 5.89 Å². The number of nitrogens with one attached hydrogen (secondary N) is 1. The van der Waals surface area contributed by atoms with Crippen molar-refractivity contribution in [3.05, 3.63) is 11.7 Å². The molecule has 0 radical (unpaired) electrons. The van der Waals surface area contributed by atoms with Gasteiger partial charge < -0.3 is 9.84 Å². The zero-order chi connectivity index (χ0) is 9.97. The minimum atomic E-state index is 0.636. The lowest BCUT2D eigenvalue weighted by molar-refractivity contribution is 0.383. The van der Waals surface area contributed by atoms with E-state index in [-0.39, 0.29) is 0 Å². The Morgan fingerprint density at radius 1 is 1.57 bits per heavy atom. The van der Waals surface area contributed by atoms with E-state index < -0.39 is 0 Å². The Hall–Kier alpha value is -0.900. The molecule has 1 unspecified atom stereocenters. The number of hydrogen-bond acceptors (Lipinski definition) is 4. The van der Waals surface area contributed by atoms with E-state index in [9.17, 15) is 0 Å². The van der Waals surface area contributed by atoms with Gasteiger partial charge in [0.1, 0.15) is 0 Å². The highest BCUT2D eigenvalue weighted by Crippen LogP contribution is 2.36. The van der Waals surface area contributed by atoms with Crippen LogP contribution < -0.4 is 5.32 Å². The first-order valence-electron chi connectivity index (χ1n) is 5.25. The lowest BCUT2D eigenvalue weighted by Crippen LogP contribution is -2.22. The van der Waals surface area contributed by atoms with Gasteiger partial charge in [-0.15, -0.1) is 0 Å². The van der Waals surface area contributed by atoms with Crippen molar-refractivity contribution in [3.8, 4) is 0 Å². The van der Waals surface area contributed by atoms with Crippen LogP contribution in [0.3, 0.4) is 0 Å². The first kappa shape index (κ1) is 9.65. The first-order chi connectivity index (χ1) is 6.75. The molecule has 0 bridgehead atoms. The summed E-state index contributed by atoms with van der Waals surface area (Å²) < 4.78 is 4.88. The maximum Gasteiger partial charge on any atom is 0.223 e. The van der Waals surface area contributed by atoms with Gasteiger partial charge in [-0.3, -0.25) is 0 Å². The van der Waals surface area contributed by atoms with Crippen LogP contribution in [-0.4, -0.2) is 16.7 Å². The van der Waals surface area contributed by atoms with Crippen molar-refractivity contribution in [2.24, 2.45) is 11.8 Å². The van der Waals surface area contributed by atoms with Crippen LogP contribution in [0.4, 0.5) is 0 Å². The Morgan fingerprint density at radius 2 is 2.36 bits per heavy atom. The van der Waals surface area contributed by atoms with E-state index in [1.54, 1.807) is 0 Å². The average Bonchev–Trinajstić information content (AvgIpc) is 2.92. The topological polar surface area (TPSA) is 51.0 Å². The molecule has 0 saturated heterocycles. The van der Waals surface area contributed by atoms with Crippen molar-refractivity contribution in [3.63, 3.8) is 0 Å². The van der Waals surface area contributed by atoms with Gasteiger partial charge in [-0.1, -0.05) is 12.1 Å². The molecule has 14 heavy (non-hydrogen) atoms. The fourth-order valence-electron chi connectivity index (χ4n) is 1.66. The Bertz CT molecular complexity index is 293. The molecule has 0 aliphatic heterocycles. The molecule has 0 amide bonds. The Morgan fingerprint density at radius 3 is 2.93 bits per heavy atom. The van der Waals surface area contributed by atoms with E-state index >= 15 is 0 Å². The van der Waals surface area contributed by atoms with Gasteiger partial charge in [0.15, 0.2) is 5.82 Å². The molecular formula is C10H17N3O. The summed E-state index contributed by atoms with van der Waals surface area (Å²) in [5, 5.41) is 7.18. The van der Waals surface area contributed by atoms with Crippen LogP contribution in [0.2, 0.25) is 0 Å². The summed E-state index contributed by atoms with van der Waals surface area (Å²) in [6.45, 7) is 5.88. The molecule has 1 heterocycles. The second-order valence-electron chi connectivity index (χ2n) is 4.18. The number of aryl methyl sites for hydroxylation is 1. The van der Waals surface area contributed by atoms with Crippen LogP contribution in [0.1, 0.15) is 31.5 Å². The van der Waals surface area contributed by atoms with E-state index in [0.717, 1.165) is 24.2 Å². The third kappa shape index (κ3) is 2.54. The third-order valence-electron chi connectivity index (χ3n) is 2.75. The molecule has 1 saturated carbocycles. The molecule has 1 aliphatic rings. The second-order valence-corrected chi connectivity index (χ2v) is 4.18. The van der Waals surface area contributed by atoms with E-state index in [4.69, 9.17) is 4.52 Å². The van der Waals surface area contributed by atoms with Crippen LogP contribution in [0.25, 0.3) is 0 Å². The molecule has 0 spiro atoms. The summed E-state index contributed by atoms with van der Waals surface area (Å²) in [6, 6.07) is 0. The SMILES string of the molecule is Cc1nc(CNCC(C)C2CC2)no1. The summed E-state index contributed by atoms with van der Waals surface area (Å²) in [7, 11) is 0. The highest BCUT2D eigenvalue weighted by Gasteiger charge is 2.27. The molecule has 2 rings (SSSR count). The van der Waals surface area contributed by atoms with E-state index in [2.05, 4.69) is 22.4 Å². The van der Waals surface area contributed by atoms with Gasteiger partial charge in [-0.25, -0.2) is 0 Å². The summed E-state index contributed by atoms with van der Waals surface area (Å²) in [6.07, 6.45) is 2.81. The Kier molecular flexibility index (Phi) is 2.82. The van der Waals surface area contributed by atoms with E-state index in [0.29, 0.717) is 12.4 Å². The van der Waals surface area contributed by atoms with Gasteiger partial charge in [0, 0.05) is 6.92 Å². The quantitative estimate of drug-likeness (QED) is 0.773. The van der Waals surface area contributed by atoms with Crippen LogP contribution in [0.15, 0.2) is 4.52 Å². The number of rotatable bonds is 5. The van der Waals surface area contributed by atoms with Gasteiger partial charge >= 0.3 is 0 Å². The molecule has 78 valence electrons. The minimum absolute atomic E-state index is 0.636. The predicted octanol–water partition coefficient (Wildman–Crippen LogP) is 1.51. The van der Waals surface area contributed by atoms with Crippen LogP contribution >= 0.6 is 0 Å². The fraction of sp³-hybridized carbons (Fsp3) is 0.800. The number of hydrogen-bond donors (Lipinski definition) is 1. The average molecular weight is 195 g/mol. The van der Waals surface area contributed by atoms with Crippen LogP contribution in [0, 0.1) is 18.8 Å². The smallest absolute Gasteiger partial charge is 0.223 e. The van der Waals surface area contributed by atoms with Gasteiger partial charge in [-0.2, -0.15) is 4.98 Å². The lowest BCUT2D eigenvalue weighted by Gasteiger charge is -2.09. The van der Waals surface area contributed by atoms with E-state index in [1.807, 2.05) is 6.92 Å². The molecule has 1 fully saturated rings. The molecule has 1 aromatic heterocycles. The highest BCUT2D eigenvalue weighted by molar-refractivity contribution is 4.84. The van der Waals surface area contributed by atoms with Crippen LogP contribution in [-0.2, 0) is 6.54 Å². The minimum Gasteiger partial charge on any atom is -0.340 e. The summed E-state index contributed by atoms with van der Waals surface area (Å²) in [5.74, 6) is 3.13. The zero-order valence-electron chi connectivity index (χ0n) is 8.79. The summed E-state index contributed by atoms with van der Waals surface area (Å²) in [4.78, 5) is 4.13. The maximum atomic E-state index is 4.88. The van der Waals surface area contributed by atoms with E-state index in [1.165, 1.54) is 12.8 Å². The van der Waals surface area contributed by atoms with Gasteiger partial charge in [-0.05, 0) is 31.2 Å². The van der Waals surface area contributed by atoms with Crippen molar-refractivity contribution in [2.45, 2.75) is 33.2 Å². The van der Waals surface area contributed by atoms with Gasteiger partial charge in [0.05, 0.1) is 6.54 Å². The summed E-state index contributed by atoms with van der Waals surface area (Å²) >= 11 is 0. The zero-order valence-corrected chi connectivity index (χ0v) is 8.79. The fourth-order valence-corrected chi connectivity index (χ4v) is 1.66. The van der Waals surface area contributed by atoms with Crippen molar-refractivity contribution in [1.29, 1.82) is 0 Å². The first-order valence-corrected chi connectivity index (χ1v) is 5.25. The third-order valence-corrected chi connectivity index (χ3v) is 2.75. The Balaban J connectivity index is 1.67. The van der Waals surface area contributed by atoms with Crippen molar-refractivity contribution in [1.82, 2.24) is 15.5 Å². The maximum absolute atomic E-state index is 4.88. The lowest BCUT2D eigenvalue weighted by atomic mass is 10.1. The predicted molar refractivity (Wildman–Crippen MR) is 52.6 cm³/mol. The number of aromatic nitrogens is 2. The molecule has 4 nitrogen and oxygen atoms in total. The summed E-state index contributed by atoms with van der Waals surface area (Å²) in [5.41, 5.74) is 0. The number of nitrogens with zero attached hydrogens (tertiary/aromatic N) is 2. The highest BCUT2D eigenvalue weighted by atomic mass is 16.5. The van der Waals surface area contributed by atoms with Crippen molar-refractivity contribution in [2.75, 3.05) is 6.54 Å². The normalized spacial score (nSPS) is 18.4. The van der Waals surface area contributed by atoms with Crippen molar-refractivity contribution >= 4 is 0 Å². The van der Waals surface area contributed by atoms with Crippen molar-refractivity contribution < 1.29 is 4.52 Å². The Labute approximate surface area is 84.1 Å². The van der Waals surface area contributed by atoms with Gasteiger partial charge in [0.25, 0.3) is 0 Å². The molecule has 0 aromatic carbocycles. The van der Waals surface area contributed by atoms with Crippen LogP contribution in [0.5, 0.6) is 0 Å². The molecular weight excluding hydrogens is 178 g/mol. The standard InChI is InChI=1S/C10H17N3O/c1-7(9-3-4-9)5-11-6-10-12-8(2)14-13-10/h7,9,11H,3-6H2,1-2H3. The molecule has 1 N–H and O–H groups in total.